The smallest absolute Gasteiger partial charge is 0.278 e. The van der Waals surface area contributed by atoms with Gasteiger partial charge in [-0.3, -0.25) is 14.5 Å². The van der Waals surface area contributed by atoms with Crippen LogP contribution in [0.15, 0.2) is 48.2 Å². The molecule has 0 aromatic heterocycles. The molecule has 6 heteroatoms. The minimum absolute atomic E-state index is 0.200. The van der Waals surface area contributed by atoms with Crippen molar-refractivity contribution in [1.82, 2.24) is 4.90 Å². The van der Waals surface area contributed by atoms with E-state index in [0.717, 1.165) is 16.8 Å². The summed E-state index contributed by atoms with van der Waals surface area (Å²) in [6.45, 7) is 4.51. The number of amides is 2. The van der Waals surface area contributed by atoms with Crippen LogP contribution in [0.5, 0.6) is 5.75 Å². The summed E-state index contributed by atoms with van der Waals surface area (Å²) in [6.07, 6.45) is 0. The summed E-state index contributed by atoms with van der Waals surface area (Å²) in [6, 6.07) is 12.9. The van der Waals surface area contributed by atoms with Gasteiger partial charge in [0.25, 0.3) is 11.8 Å². The van der Waals surface area contributed by atoms with Crippen LogP contribution >= 0.6 is 0 Å². The van der Waals surface area contributed by atoms with Gasteiger partial charge in [-0.25, -0.2) is 0 Å². The highest BCUT2D eigenvalue weighted by Gasteiger charge is 2.38. The number of anilines is 1. The van der Waals surface area contributed by atoms with E-state index < -0.39 is 0 Å². The second kappa shape index (κ2) is 8.27. The Bertz CT molecular complexity index is 932. The molecule has 0 atom stereocenters. The Morgan fingerprint density at radius 2 is 1.64 bits per heavy atom. The lowest BCUT2D eigenvalue weighted by molar-refractivity contribution is -0.137. The van der Waals surface area contributed by atoms with E-state index in [1.165, 1.54) is 12.0 Å². The second-order valence-corrected chi connectivity index (χ2v) is 6.66. The Morgan fingerprint density at radius 1 is 0.929 bits per heavy atom. The van der Waals surface area contributed by atoms with Crippen LogP contribution in [0.4, 0.5) is 5.69 Å². The normalized spacial score (nSPS) is 14.1. The molecule has 0 unspecified atom stereocenters. The molecule has 0 saturated heterocycles. The van der Waals surface area contributed by atoms with Crippen molar-refractivity contribution in [2.45, 2.75) is 13.8 Å². The number of hydrogen-bond acceptors (Lipinski definition) is 5. The fourth-order valence-electron chi connectivity index (χ4n) is 3.07. The highest BCUT2D eigenvalue weighted by Crippen LogP contribution is 2.31. The molecular formula is C22H24N2O4. The highest BCUT2D eigenvalue weighted by atomic mass is 16.5. The molecule has 1 heterocycles. The first-order chi connectivity index (χ1) is 13.5. The first kappa shape index (κ1) is 19.6. The number of hydrogen-bond donors (Lipinski definition) is 1. The molecule has 2 amide bonds. The number of nitrogens with one attached hydrogen (secondary N) is 1. The third-order valence-electron chi connectivity index (χ3n) is 4.84. The van der Waals surface area contributed by atoms with Gasteiger partial charge in [0.15, 0.2) is 0 Å². The summed E-state index contributed by atoms with van der Waals surface area (Å²) >= 11 is 0. The maximum atomic E-state index is 13.0. The molecule has 1 aliphatic heterocycles. The summed E-state index contributed by atoms with van der Waals surface area (Å²) in [5.41, 5.74) is 4.30. The van der Waals surface area contributed by atoms with Crippen molar-refractivity contribution < 1.29 is 19.1 Å². The average Bonchev–Trinajstić information content (AvgIpc) is 2.93. The van der Waals surface area contributed by atoms with Crippen molar-refractivity contribution >= 4 is 23.1 Å². The van der Waals surface area contributed by atoms with Gasteiger partial charge in [0, 0.05) is 12.8 Å². The van der Waals surface area contributed by atoms with Crippen molar-refractivity contribution in [3.05, 3.63) is 64.9 Å². The molecule has 1 aliphatic rings. The first-order valence-electron chi connectivity index (χ1n) is 9.04. The molecule has 146 valence electrons. The first-order valence-corrected chi connectivity index (χ1v) is 9.04. The Hall–Kier alpha value is -3.12. The predicted molar refractivity (Wildman–Crippen MR) is 108 cm³/mol. The number of imide groups is 1. The largest absolute Gasteiger partial charge is 0.497 e. The molecule has 6 nitrogen and oxygen atoms in total. The number of methoxy groups -OCH3 is 2. The molecule has 0 aliphatic carbocycles. The SMILES string of the molecule is COCCN1C(=O)C(Nc2ccc(C)c(C)c2)=C(c2ccc(OC)cc2)C1=O. The third-order valence-corrected chi connectivity index (χ3v) is 4.84. The summed E-state index contributed by atoms with van der Waals surface area (Å²) in [4.78, 5) is 27.2. The van der Waals surface area contributed by atoms with Crippen LogP contribution in [0.25, 0.3) is 5.57 Å². The fraction of sp³-hybridized carbons (Fsp3) is 0.273. The van der Waals surface area contributed by atoms with Crippen molar-refractivity contribution in [3.63, 3.8) is 0 Å². The maximum absolute atomic E-state index is 13.0. The monoisotopic (exact) mass is 380 g/mol. The molecule has 28 heavy (non-hydrogen) atoms. The van der Waals surface area contributed by atoms with Gasteiger partial charge in [0.2, 0.25) is 0 Å². The van der Waals surface area contributed by atoms with E-state index >= 15 is 0 Å². The number of carbonyl (C=O) groups excluding carboxylic acids is 2. The minimum atomic E-state index is -0.355. The van der Waals surface area contributed by atoms with Crippen LogP contribution < -0.4 is 10.1 Å². The molecular weight excluding hydrogens is 356 g/mol. The van der Waals surface area contributed by atoms with Gasteiger partial charge in [-0.2, -0.15) is 0 Å². The average molecular weight is 380 g/mol. The van der Waals surface area contributed by atoms with Gasteiger partial charge in [0.1, 0.15) is 11.4 Å². The zero-order chi connectivity index (χ0) is 20.3. The number of aryl methyl sites for hydroxylation is 2. The van der Waals surface area contributed by atoms with Crippen molar-refractivity contribution in [2.24, 2.45) is 0 Å². The van der Waals surface area contributed by atoms with Gasteiger partial charge in [-0.15, -0.1) is 0 Å². The number of carbonyl (C=O) groups is 2. The fourth-order valence-corrected chi connectivity index (χ4v) is 3.07. The second-order valence-electron chi connectivity index (χ2n) is 6.66. The zero-order valence-corrected chi connectivity index (χ0v) is 16.5. The number of ether oxygens (including phenoxy) is 2. The van der Waals surface area contributed by atoms with Crippen LogP contribution in [-0.4, -0.2) is 44.1 Å². The topological polar surface area (TPSA) is 67.9 Å². The van der Waals surface area contributed by atoms with Gasteiger partial charge < -0.3 is 14.8 Å². The molecule has 0 fully saturated rings. The lowest BCUT2D eigenvalue weighted by Crippen LogP contribution is -2.35. The van der Waals surface area contributed by atoms with Gasteiger partial charge >= 0.3 is 0 Å². The minimum Gasteiger partial charge on any atom is -0.497 e. The molecule has 1 N–H and O–H groups in total. The van der Waals surface area contributed by atoms with E-state index in [2.05, 4.69) is 5.32 Å². The van der Waals surface area contributed by atoms with E-state index in [0.29, 0.717) is 16.9 Å². The molecule has 2 aromatic carbocycles. The Kier molecular flexibility index (Phi) is 5.80. The lowest BCUT2D eigenvalue weighted by Gasteiger charge is -2.14. The number of nitrogens with zero attached hydrogens (tertiary/aromatic N) is 1. The van der Waals surface area contributed by atoms with Crippen LogP contribution in [0.2, 0.25) is 0 Å². The zero-order valence-electron chi connectivity index (χ0n) is 16.5. The predicted octanol–water partition coefficient (Wildman–Crippen LogP) is 3.15. The van der Waals surface area contributed by atoms with Crippen LogP contribution in [0, 0.1) is 13.8 Å². The molecule has 3 rings (SSSR count). The molecule has 0 radical (unpaired) electrons. The van der Waals surface area contributed by atoms with E-state index in [-0.39, 0.29) is 30.7 Å². The number of rotatable bonds is 7. The van der Waals surface area contributed by atoms with Crippen LogP contribution in [0.3, 0.4) is 0 Å². The summed E-state index contributed by atoms with van der Waals surface area (Å²) in [5.74, 6) is -0.00863. The van der Waals surface area contributed by atoms with Crippen LogP contribution in [0.1, 0.15) is 16.7 Å². The Morgan fingerprint density at radius 3 is 2.25 bits per heavy atom. The lowest BCUT2D eigenvalue weighted by atomic mass is 10.0. The van der Waals surface area contributed by atoms with E-state index in [1.807, 2.05) is 32.0 Å². The molecule has 2 aromatic rings. The molecule has 0 spiro atoms. The van der Waals surface area contributed by atoms with Crippen molar-refractivity contribution in [2.75, 3.05) is 32.7 Å². The molecule has 0 bridgehead atoms. The van der Waals surface area contributed by atoms with E-state index in [4.69, 9.17) is 9.47 Å². The van der Waals surface area contributed by atoms with Gasteiger partial charge in [-0.1, -0.05) is 18.2 Å². The summed E-state index contributed by atoms with van der Waals surface area (Å²) in [7, 11) is 3.12. The maximum Gasteiger partial charge on any atom is 0.278 e. The van der Waals surface area contributed by atoms with Gasteiger partial charge in [-0.05, 0) is 54.8 Å². The van der Waals surface area contributed by atoms with Crippen molar-refractivity contribution in [1.29, 1.82) is 0 Å². The summed E-state index contributed by atoms with van der Waals surface area (Å²) < 4.78 is 10.2. The summed E-state index contributed by atoms with van der Waals surface area (Å²) in [5, 5.41) is 3.17. The van der Waals surface area contributed by atoms with Crippen molar-refractivity contribution in [3.8, 4) is 5.75 Å². The Balaban J connectivity index is 2.03. The van der Waals surface area contributed by atoms with Crippen LogP contribution in [-0.2, 0) is 14.3 Å². The highest BCUT2D eigenvalue weighted by molar-refractivity contribution is 6.36. The molecule has 0 saturated carbocycles. The number of benzene rings is 2. The van der Waals surface area contributed by atoms with Gasteiger partial charge in [0.05, 0.1) is 25.8 Å². The quantitative estimate of drug-likeness (QED) is 0.748. The van der Waals surface area contributed by atoms with E-state index in [1.54, 1.807) is 31.4 Å². The standard InChI is InChI=1S/C22H24N2O4/c1-14-5-8-17(13-15(14)2)23-20-19(16-6-9-18(28-4)10-7-16)21(25)24(22(20)26)11-12-27-3/h5-10,13,23H,11-12H2,1-4H3. The Labute approximate surface area is 164 Å². The van der Waals surface area contributed by atoms with E-state index in [9.17, 15) is 9.59 Å². The third kappa shape index (κ3) is 3.77.